The van der Waals surface area contributed by atoms with Crippen molar-refractivity contribution in [2.24, 2.45) is 5.16 Å². The fraction of sp³-hybridized carbons (Fsp3) is 0.235. The molecular weight excluding hydrogens is 250 g/mol. The summed E-state index contributed by atoms with van der Waals surface area (Å²) in [6, 6.07) is 11.7. The number of aromatic hydroxyl groups is 1. The van der Waals surface area contributed by atoms with Gasteiger partial charge in [-0.1, -0.05) is 29.4 Å². The van der Waals surface area contributed by atoms with Crippen molar-refractivity contribution >= 4 is 5.71 Å². The second-order valence-electron chi connectivity index (χ2n) is 5.27. The van der Waals surface area contributed by atoms with E-state index in [4.69, 9.17) is 5.21 Å². The molecule has 0 fully saturated rings. The van der Waals surface area contributed by atoms with E-state index in [-0.39, 0.29) is 0 Å². The minimum atomic E-state index is 0.291. The van der Waals surface area contributed by atoms with Crippen LogP contribution in [0.1, 0.15) is 29.5 Å². The van der Waals surface area contributed by atoms with Gasteiger partial charge in [0.15, 0.2) is 0 Å². The number of nitrogens with zero attached hydrogens (tertiary/aromatic N) is 1. The summed E-state index contributed by atoms with van der Waals surface area (Å²) in [5, 5.41) is 22.0. The van der Waals surface area contributed by atoms with Crippen LogP contribution in [0, 0.1) is 6.92 Å². The van der Waals surface area contributed by atoms with E-state index >= 15 is 0 Å². The summed E-state index contributed by atoms with van der Waals surface area (Å²) in [5.41, 5.74) is 6.38. The topological polar surface area (TPSA) is 52.8 Å². The van der Waals surface area contributed by atoms with Gasteiger partial charge in [-0.3, -0.25) is 0 Å². The lowest BCUT2D eigenvalue weighted by Gasteiger charge is -2.18. The van der Waals surface area contributed by atoms with Gasteiger partial charge in [-0.25, -0.2) is 0 Å². The van der Waals surface area contributed by atoms with Crippen LogP contribution in [0.2, 0.25) is 0 Å². The van der Waals surface area contributed by atoms with Gasteiger partial charge < -0.3 is 10.3 Å². The standard InChI is InChI=1S/C17H17NO2/c1-11-9-14(19)6-8-15(11)13-5-7-16-12(10-13)3-2-4-17(16)18-20/h5-10,19-20H,2-4H2,1H3/b18-17+. The predicted molar refractivity (Wildman–Crippen MR) is 79.5 cm³/mol. The Morgan fingerprint density at radius 1 is 1.00 bits per heavy atom. The van der Waals surface area contributed by atoms with Crippen LogP contribution in [0.5, 0.6) is 5.75 Å². The molecule has 0 atom stereocenters. The lowest BCUT2D eigenvalue weighted by Crippen LogP contribution is -2.11. The van der Waals surface area contributed by atoms with Gasteiger partial charge >= 0.3 is 0 Å². The van der Waals surface area contributed by atoms with Crippen molar-refractivity contribution in [3.63, 3.8) is 0 Å². The molecule has 0 unspecified atom stereocenters. The van der Waals surface area contributed by atoms with Crippen molar-refractivity contribution in [2.75, 3.05) is 0 Å². The van der Waals surface area contributed by atoms with Gasteiger partial charge in [0, 0.05) is 5.56 Å². The molecule has 0 spiro atoms. The molecule has 2 N–H and O–H groups in total. The number of hydrogen-bond donors (Lipinski definition) is 2. The molecule has 1 aliphatic carbocycles. The van der Waals surface area contributed by atoms with Crippen LogP contribution in [0.25, 0.3) is 11.1 Å². The van der Waals surface area contributed by atoms with Gasteiger partial charge in [-0.2, -0.15) is 0 Å². The van der Waals surface area contributed by atoms with E-state index in [0.717, 1.165) is 47.2 Å². The van der Waals surface area contributed by atoms with E-state index in [1.807, 2.05) is 19.1 Å². The molecule has 0 saturated carbocycles. The van der Waals surface area contributed by atoms with E-state index in [1.165, 1.54) is 5.56 Å². The molecule has 3 nitrogen and oxygen atoms in total. The second-order valence-corrected chi connectivity index (χ2v) is 5.27. The van der Waals surface area contributed by atoms with Gasteiger partial charge in [0.2, 0.25) is 0 Å². The van der Waals surface area contributed by atoms with Crippen LogP contribution in [0.4, 0.5) is 0 Å². The Labute approximate surface area is 118 Å². The smallest absolute Gasteiger partial charge is 0.115 e. The molecule has 0 radical (unpaired) electrons. The highest BCUT2D eigenvalue weighted by Gasteiger charge is 2.16. The summed E-state index contributed by atoms with van der Waals surface area (Å²) in [6.45, 7) is 2.00. The Morgan fingerprint density at radius 2 is 1.80 bits per heavy atom. The molecule has 0 aliphatic heterocycles. The maximum atomic E-state index is 9.50. The van der Waals surface area contributed by atoms with Gasteiger partial charge in [0.05, 0.1) is 5.71 Å². The van der Waals surface area contributed by atoms with Crippen molar-refractivity contribution in [3.8, 4) is 16.9 Å². The van der Waals surface area contributed by atoms with Crippen molar-refractivity contribution in [1.29, 1.82) is 0 Å². The molecule has 20 heavy (non-hydrogen) atoms. The molecule has 1 aliphatic rings. The van der Waals surface area contributed by atoms with Gasteiger partial charge in [0.1, 0.15) is 5.75 Å². The fourth-order valence-corrected chi connectivity index (χ4v) is 2.91. The van der Waals surface area contributed by atoms with Crippen molar-refractivity contribution in [3.05, 3.63) is 53.1 Å². The number of phenols is 1. The van der Waals surface area contributed by atoms with Crippen molar-refractivity contribution in [2.45, 2.75) is 26.2 Å². The molecular formula is C17H17NO2. The third-order valence-electron chi connectivity index (χ3n) is 3.92. The van der Waals surface area contributed by atoms with Crippen LogP contribution in [0.3, 0.4) is 0 Å². The second kappa shape index (κ2) is 5.00. The van der Waals surface area contributed by atoms with Crippen molar-refractivity contribution in [1.82, 2.24) is 0 Å². The van der Waals surface area contributed by atoms with Crippen LogP contribution in [0.15, 0.2) is 41.6 Å². The Balaban J connectivity index is 2.08. The lowest BCUT2D eigenvalue weighted by atomic mass is 9.87. The zero-order valence-corrected chi connectivity index (χ0v) is 11.4. The van der Waals surface area contributed by atoms with E-state index in [9.17, 15) is 5.11 Å². The fourth-order valence-electron chi connectivity index (χ4n) is 2.91. The number of hydrogen-bond acceptors (Lipinski definition) is 3. The minimum absolute atomic E-state index is 0.291. The Morgan fingerprint density at radius 3 is 2.55 bits per heavy atom. The molecule has 2 aromatic rings. The lowest BCUT2D eigenvalue weighted by molar-refractivity contribution is 0.317. The minimum Gasteiger partial charge on any atom is -0.508 e. The van der Waals surface area contributed by atoms with Crippen LogP contribution >= 0.6 is 0 Å². The zero-order chi connectivity index (χ0) is 14.1. The quantitative estimate of drug-likeness (QED) is 0.608. The first-order valence-corrected chi connectivity index (χ1v) is 6.83. The average molecular weight is 267 g/mol. The third-order valence-corrected chi connectivity index (χ3v) is 3.92. The Hall–Kier alpha value is -2.29. The predicted octanol–water partition coefficient (Wildman–Crippen LogP) is 3.88. The molecule has 0 bridgehead atoms. The number of aryl methyl sites for hydroxylation is 2. The molecule has 3 rings (SSSR count). The van der Waals surface area contributed by atoms with Gasteiger partial charge in [-0.15, -0.1) is 0 Å². The summed E-state index contributed by atoms with van der Waals surface area (Å²) in [6.07, 6.45) is 2.87. The van der Waals surface area contributed by atoms with Crippen LogP contribution < -0.4 is 0 Å². The van der Waals surface area contributed by atoms with E-state index < -0.39 is 0 Å². The summed E-state index contributed by atoms with van der Waals surface area (Å²) in [7, 11) is 0. The summed E-state index contributed by atoms with van der Waals surface area (Å²) >= 11 is 0. The summed E-state index contributed by atoms with van der Waals surface area (Å²) < 4.78 is 0. The number of rotatable bonds is 1. The summed E-state index contributed by atoms with van der Waals surface area (Å²) in [4.78, 5) is 0. The normalized spacial score (nSPS) is 16.1. The molecule has 0 saturated heterocycles. The monoisotopic (exact) mass is 267 g/mol. The number of oxime groups is 1. The SMILES string of the molecule is Cc1cc(O)ccc1-c1ccc2c(c1)CCC/C2=N\O. The highest BCUT2D eigenvalue weighted by Crippen LogP contribution is 2.30. The first kappa shape index (κ1) is 12.7. The largest absolute Gasteiger partial charge is 0.508 e. The summed E-state index contributed by atoms with van der Waals surface area (Å²) in [5.74, 6) is 0.291. The Kier molecular flexibility index (Phi) is 3.18. The molecule has 102 valence electrons. The third kappa shape index (κ3) is 2.16. The highest BCUT2D eigenvalue weighted by atomic mass is 16.4. The molecule has 0 aromatic heterocycles. The van der Waals surface area contributed by atoms with Crippen molar-refractivity contribution < 1.29 is 10.3 Å². The maximum absolute atomic E-state index is 9.50. The first-order valence-electron chi connectivity index (χ1n) is 6.83. The zero-order valence-electron chi connectivity index (χ0n) is 11.4. The van der Waals surface area contributed by atoms with Crippen LogP contribution in [-0.4, -0.2) is 16.0 Å². The van der Waals surface area contributed by atoms with Crippen LogP contribution in [-0.2, 0) is 6.42 Å². The average Bonchev–Trinajstić information content (AvgIpc) is 2.46. The maximum Gasteiger partial charge on any atom is 0.115 e. The number of phenolic OH excluding ortho intramolecular Hbond substituents is 1. The highest BCUT2D eigenvalue weighted by molar-refractivity contribution is 6.02. The molecule has 2 aromatic carbocycles. The van der Waals surface area contributed by atoms with Gasteiger partial charge in [0.25, 0.3) is 0 Å². The number of fused-ring (bicyclic) bond motifs is 1. The molecule has 3 heteroatoms. The van der Waals surface area contributed by atoms with E-state index in [0.29, 0.717) is 5.75 Å². The van der Waals surface area contributed by atoms with E-state index in [2.05, 4.69) is 17.3 Å². The first-order chi connectivity index (χ1) is 9.69. The molecule has 0 amide bonds. The molecule has 0 heterocycles. The number of benzene rings is 2. The Bertz CT molecular complexity index is 689. The van der Waals surface area contributed by atoms with E-state index in [1.54, 1.807) is 12.1 Å². The van der Waals surface area contributed by atoms with Gasteiger partial charge in [-0.05, 0) is 60.6 Å².